The second kappa shape index (κ2) is 4.48. The lowest BCUT2D eigenvalue weighted by molar-refractivity contribution is 0.592. The van der Waals surface area contributed by atoms with Crippen LogP contribution in [0.1, 0.15) is 17.9 Å². The summed E-state index contributed by atoms with van der Waals surface area (Å²) in [5.74, 6) is 0. The highest BCUT2D eigenvalue weighted by Gasteiger charge is 2.13. The Morgan fingerprint density at radius 3 is 2.33 bits per heavy atom. The van der Waals surface area contributed by atoms with Crippen molar-refractivity contribution in [2.24, 2.45) is 0 Å². The molecule has 0 fully saturated rings. The van der Waals surface area contributed by atoms with E-state index in [1.54, 1.807) is 0 Å². The normalized spacial score (nSPS) is 15.6. The third-order valence-corrected chi connectivity index (χ3v) is 2.64. The van der Waals surface area contributed by atoms with E-state index >= 15 is 0 Å². The van der Waals surface area contributed by atoms with Crippen LogP contribution in [-0.2, 0) is 0 Å². The fraction of sp³-hybridized carbons (Fsp3) is 0.400. The first-order chi connectivity index (χ1) is 5.75. The van der Waals surface area contributed by atoms with Gasteiger partial charge in [0.2, 0.25) is 0 Å². The van der Waals surface area contributed by atoms with Crippen molar-refractivity contribution in [3.8, 4) is 0 Å². The fourth-order valence-corrected chi connectivity index (χ4v) is 1.34. The van der Waals surface area contributed by atoms with Crippen LogP contribution in [0.15, 0.2) is 30.3 Å². The van der Waals surface area contributed by atoms with Gasteiger partial charge in [0.05, 0.1) is 5.38 Å². The van der Waals surface area contributed by atoms with Crippen LogP contribution in [0.3, 0.4) is 0 Å². The molecule has 1 aromatic rings. The summed E-state index contributed by atoms with van der Waals surface area (Å²) in [6.07, 6.45) is 0. The molecule has 0 aliphatic carbocycles. The minimum Gasteiger partial charge on any atom is -0.315 e. The molecular formula is C10H14ClN. The van der Waals surface area contributed by atoms with Gasteiger partial charge in [0.25, 0.3) is 0 Å². The average molecular weight is 184 g/mol. The molecule has 0 heterocycles. The predicted octanol–water partition coefficient (Wildman–Crippen LogP) is 2.57. The SMILES string of the molecule is CN[C@@H](C)[C@H](Cl)c1ccccc1. The highest BCUT2D eigenvalue weighted by Crippen LogP contribution is 2.23. The first kappa shape index (κ1) is 9.56. The fourth-order valence-electron chi connectivity index (χ4n) is 1.07. The van der Waals surface area contributed by atoms with Gasteiger partial charge < -0.3 is 5.32 Å². The van der Waals surface area contributed by atoms with E-state index in [2.05, 4.69) is 12.2 Å². The molecule has 1 N–H and O–H groups in total. The van der Waals surface area contributed by atoms with Crippen LogP contribution in [0.5, 0.6) is 0 Å². The van der Waals surface area contributed by atoms with Gasteiger partial charge in [-0.3, -0.25) is 0 Å². The first-order valence-corrected chi connectivity index (χ1v) is 4.55. The molecule has 0 bridgehead atoms. The zero-order valence-corrected chi connectivity index (χ0v) is 8.18. The summed E-state index contributed by atoms with van der Waals surface area (Å²) in [4.78, 5) is 0. The molecule has 2 heteroatoms. The van der Waals surface area contributed by atoms with Crippen LogP contribution in [-0.4, -0.2) is 13.1 Å². The summed E-state index contributed by atoms with van der Waals surface area (Å²) in [7, 11) is 1.92. The number of alkyl halides is 1. The molecule has 2 atom stereocenters. The van der Waals surface area contributed by atoms with Gasteiger partial charge in [-0.1, -0.05) is 30.3 Å². The summed E-state index contributed by atoms with van der Waals surface area (Å²) in [6.45, 7) is 2.07. The van der Waals surface area contributed by atoms with Crippen molar-refractivity contribution >= 4 is 11.6 Å². The second-order valence-electron chi connectivity index (χ2n) is 2.89. The number of halogens is 1. The summed E-state index contributed by atoms with van der Waals surface area (Å²) >= 11 is 6.19. The maximum Gasteiger partial charge on any atom is 0.0735 e. The first-order valence-electron chi connectivity index (χ1n) is 4.12. The Morgan fingerprint density at radius 2 is 1.83 bits per heavy atom. The molecule has 1 rings (SSSR count). The maximum atomic E-state index is 6.19. The van der Waals surface area contributed by atoms with Gasteiger partial charge in [-0.25, -0.2) is 0 Å². The average Bonchev–Trinajstić information content (AvgIpc) is 2.17. The lowest BCUT2D eigenvalue weighted by atomic mass is 10.1. The Balaban J connectivity index is 2.71. The van der Waals surface area contributed by atoms with E-state index in [1.807, 2.05) is 37.4 Å². The van der Waals surface area contributed by atoms with E-state index in [0.29, 0.717) is 6.04 Å². The minimum absolute atomic E-state index is 0.0520. The van der Waals surface area contributed by atoms with Crippen LogP contribution in [0.2, 0.25) is 0 Å². The zero-order chi connectivity index (χ0) is 8.97. The molecule has 0 radical (unpaired) electrons. The molecule has 12 heavy (non-hydrogen) atoms. The van der Waals surface area contributed by atoms with Crippen LogP contribution < -0.4 is 5.32 Å². The van der Waals surface area contributed by atoms with Crippen LogP contribution >= 0.6 is 11.6 Å². The Hall–Kier alpha value is -0.530. The quantitative estimate of drug-likeness (QED) is 0.711. The van der Waals surface area contributed by atoms with Crippen molar-refractivity contribution in [3.63, 3.8) is 0 Å². The van der Waals surface area contributed by atoms with Crippen molar-refractivity contribution in [2.75, 3.05) is 7.05 Å². The van der Waals surface area contributed by atoms with Gasteiger partial charge in [0, 0.05) is 6.04 Å². The topological polar surface area (TPSA) is 12.0 Å². The monoisotopic (exact) mass is 183 g/mol. The minimum atomic E-state index is 0.0520. The lowest BCUT2D eigenvalue weighted by Crippen LogP contribution is -2.25. The molecule has 0 aliphatic rings. The maximum absolute atomic E-state index is 6.19. The molecule has 0 amide bonds. The van der Waals surface area contributed by atoms with Crippen molar-refractivity contribution in [2.45, 2.75) is 18.3 Å². The Bertz CT molecular complexity index is 223. The summed E-state index contributed by atoms with van der Waals surface area (Å²) < 4.78 is 0. The van der Waals surface area contributed by atoms with Crippen LogP contribution in [0, 0.1) is 0 Å². The van der Waals surface area contributed by atoms with Gasteiger partial charge in [-0.15, -0.1) is 11.6 Å². The van der Waals surface area contributed by atoms with E-state index in [1.165, 1.54) is 5.56 Å². The summed E-state index contributed by atoms with van der Waals surface area (Å²) in [6, 6.07) is 10.4. The van der Waals surface area contributed by atoms with Gasteiger partial charge >= 0.3 is 0 Å². The van der Waals surface area contributed by atoms with Crippen LogP contribution in [0.4, 0.5) is 0 Å². The molecule has 0 spiro atoms. The standard InChI is InChI=1S/C10H14ClN/c1-8(12-2)10(11)9-6-4-3-5-7-9/h3-8,10,12H,1-2H3/t8-,10-/m0/s1. The molecule has 1 nitrogen and oxygen atoms in total. The van der Waals surface area contributed by atoms with Gasteiger partial charge in [-0.2, -0.15) is 0 Å². The summed E-state index contributed by atoms with van der Waals surface area (Å²) in [5.41, 5.74) is 1.17. The van der Waals surface area contributed by atoms with E-state index in [-0.39, 0.29) is 5.38 Å². The molecule has 0 aliphatic heterocycles. The molecular weight excluding hydrogens is 170 g/mol. The number of benzene rings is 1. The predicted molar refractivity (Wildman–Crippen MR) is 53.6 cm³/mol. The van der Waals surface area contributed by atoms with Crippen LogP contribution in [0.25, 0.3) is 0 Å². The number of hydrogen-bond acceptors (Lipinski definition) is 1. The van der Waals surface area contributed by atoms with Crippen molar-refractivity contribution in [3.05, 3.63) is 35.9 Å². The van der Waals surface area contributed by atoms with Crippen molar-refractivity contribution < 1.29 is 0 Å². The number of rotatable bonds is 3. The molecule has 0 aromatic heterocycles. The zero-order valence-electron chi connectivity index (χ0n) is 7.42. The van der Waals surface area contributed by atoms with Gasteiger partial charge in [0.1, 0.15) is 0 Å². The smallest absolute Gasteiger partial charge is 0.0735 e. The Labute approximate surface area is 78.7 Å². The van der Waals surface area contributed by atoms with E-state index < -0.39 is 0 Å². The largest absolute Gasteiger partial charge is 0.315 e. The summed E-state index contributed by atoms with van der Waals surface area (Å²) in [5, 5.41) is 3.18. The number of likely N-dealkylation sites (N-methyl/N-ethyl adjacent to an activating group) is 1. The molecule has 0 unspecified atom stereocenters. The van der Waals surface area contributed by atoms with E-state index in [4.69, 9.17) is 11.6 Å². The van der Waals surface area contributed by atoms with Crippen molar-refractivity contribution in [1.29, 1.82) is 0 Å². The third kappa shape index (κ3) is 2.23. The molecule has 1 aromatic carbocycles. The number of hydrogen-bond donors (Lipinski definition) is 1. The molecule has 0 saturated heterocycles. The Kier molecular flexibility index (Phi) is 3.57. The molecule has 66 valence electrons. The van der Waals surface area contributed by atoms with Gasteiger partial charge in [-0.05, 0) is 19.5 Å². The van der Waals surface area contributed by atoms with Gasteiger partial charge in [0.15, 0.2) is 0 Å². The molecule has 0 saturated carbocycles. The lowest BCUT2D eigenvalue weighted by Gasteiger charge is -2.17. The van der Waals surface area contributed by atoms with E-state index in [0.717, 1.165) is 0 Å². The highest BCUT2D eigenvalue weighted by molar-refractivity contribution is 6.21. The third-order valence-electron chi connectivity index (χ3n) is 2.01. The second-order valence-corrected chi connectivity index (χ2v) is 3.36. The highest BCUT2D eigenvalue weighted by atomic mass is 35.5. The number of nitrogens with one attached hydrogen (secondary N) is 1. The van der Waals surface area contributed by atoms with Crippen molar-refractivity contribution in [1.82, 2.24) is 5.32 Å². The van der Waals surface area contributed by atoms with E-state index in [9.17, 15) is 0 Å². The Morgan fingerprint density at radius 1 is 1.25 bits per heavy atom.